The largest absolute Gasteiger partial charge is 0.369 e. The van der Waals surface area contributed by atoms with Crippen LogP contribution >= 0.6 is 23.8 Å². The standard InChI is InChI=1S/C17H15ClN2O2S/c1-17(22)11-19(15(21)12-5-3-2-4-6-12)16(23)20(17)14-9-7-13(18)8-10-14/h2-10,22H,11H2,1H3/t17-/m1/s1. The van der Waals surface area contributed by atoms with E-state index in [1.807, 2.05) is 6.07 Å². The number of carbonyl (C=O) groups is 1. The zero-order valence-electron chi connectivity index (χ0n) is 12.4. The summed E-state index contributed by atoms with van der Waals surface area (Å²) in [6.45, 7) is 1.73. The van der Waals surface area contributed by atoms with Crippen molar-refractivity contribution in [2.24, 2.45) is 0 Å². The molecule has 1 aliphatic heterocycles. The van der Waals surface area contributed by atoms with Crippen molar-refractivity contribution in [2.75, 3.05) is 11.4 Å². The van der Waals surface area contributed by atoms with E-state index >= 15 is 0 Å². The Bertz CT molecular complexity index is 747. The van der Waals surface area contributed by atoms with Gasteiger partial charge < -0.3 is 5.11 Å². The van der Waals surface area contributed by atoms with Crippen LogP contribution in [0.1, 0.15) is 17.3 Å². The van der Waals surface area contributed by atoms with E-state index in [-0.39, 0.29) is 17.6 Å². The van der Waals surface area contributed by atoms with E-state index in [4.69, 9.17) is 23.8 Å². The lowest BCUT2D eigenvalue weighted by molar-refractivity contribution is 0.0588. The summed E-state index contributed by atoms with van der Waals surface area (Å²) in [6, 6.07) is 15.8. The van der Waals surface area contributed by atoms with Crippen molar-refractivity contribution in [3.05, 3.63) is 65.2 Å². The van der Waals surface area contributed by atoms with Gasteiger partial charge >= 0.3 is 0 Å². The number of halogens is 1. The molecule has 118 valence electrons. The highest BCUT2D eigenvalue weighted by atomic mass is 35.5. The van der Waals surface area contributed by atoms with Gasteiger partial charge in [-0.3, -0.25) is 14.6 Å². The average Bonchev–Trinajstić information content (AvgIpc) is 2.78. The summed E-state index contributed by atoms with van der Waals surface area (Å²) in [6.07, 6.45) is 0. The van der Waals surface area contributed by atoms with Gasteiger partial charge in [-0.1, -0.05) is 29.8 Å². The second-order valence-electron chi connectivity index (χ2n) is 5.57. The molecule has 1 atom stereocenters. The van der Waals surface area contributed by atoms with Crippen molar-refractivity contribution in [1.82, 2.24) is 4.90 Å². The van der Waals surface area contributed by atoms with Crippen molar-refractivity contribution < 1.29 is 9.90 Å². The summed E-state index contributed by atoms with van der Waals surface area (Å²) in [5, 5.41) is 11.6. The molecule has 0 radical (unpaired) electrons. The number of aliphatic hydroxyl groups is 1. The quantitative estimate of drug-likeness (QED) is 0.847. The van der Waals surface area contributed by atoms with E-state index < -0.39 is 5.72 Å². The smallest absolute Gasteiger partial charge is 0.260 e. The molecule has 0 spiro atoms. The summed E-state index contributed by atoms with van der Waals surface area (Å²) in [7, 11) is 0. The lowest BCUT2D eigenvalue weighted by Crippen LogP contribution is -2.44. The number of hydrogen-bond acceptors (Lipinski definition) is 3. The number of thiocarbonyl (C=S) groups is 1. The van der Waals surface area contributed by atoms with Gasteiger partial charge in [0.25, 0.3) is 5.91 Å². The number of carbonyl (C=O) groups excluding carboxylic acids is 1. The number of hydrogen-bond donors (Lipinski definition) is 1. The van der Waals surface area contributed by atoms with E-state index in [0.29, 0.717) is 16.3 Å². The van der Waals surface area contributed by atoms with Gasteiger partial charge in [-0.2, -0.15) is 0 Å². The van der Waals surface area contributed by atoms with Crippen LogP contribution in [0.2, 0.25) is 5.02 Å². The van der Waals surface area contributed by atoms with Crippen molar-refractivity contribution in [3.8, 4) is 0 Å². The Morgan fingerprint density at radius 1 is 1.17 bits per heavy atom. The maximum Gasteiger partial charge on any atom is 0.260 e. The fraction of sp³-hybridized carbons (Fsp3) is 0.176. The highest BCUT2D eigenvalue weighted by molar-refractivity contribution is 7.80. The third kappa shape index (κ3) is 2.95. The van der Waals surface area contributed by atoms with Crippen molar-refractivity contribution in [1.29, 1.82) is 0 Å². The minimum Gasteiger partial charge on any atom is -0.369 e. The molecular weight excluding hydrogens is 332 g/mol. The van der Waals surface area contributed by atoms with E-state index in [0.717, 1.165) is 0 Å². The van der Waals surface area contributed by atoms with Crippen LogP contribution in [0.4, 0.5) is 5.69 Å². The lowest BCUT2D eigenvalue weighted by atomic mass is 10.2. The van der Waals surface area contributed by atoms with Crippen LogP contribution in [0.3, 0.4) is 0 Å². The molecule has 2 aromatic rings. The van der Waals surface area contributed by atoms with Gasteiger partial charge in [0.05, 0.1) is 6.54 Å². The number of amides is 1. The normalized spacial score (nSPS) is 20.9. The monoisotopic (exact) mass is 346 g/mol. The van der Waals surface area contributed by atoms with E-state index in [1.54, 1.807) is 60.4 Å². The SMILES string of the molecule is C[C@@]1(O)CN(C(=O)c2ccccc2)C(=S)N1c1ccc(Cl)cc1. The molecule has 1 saturated heterocycles. The minimum absolute atomic E-state index is 0.0994. The zero-order valence-corrected chi connectivity index (χ0v) is 14.0. The molecule has 0 saturated carbocycles. The van der Waals surface area contributed by atoms with Crippen LogP contribution in [0, 0.1) is 0 Å². The molecule has 1 amide bonds. The summed E-state index contributed by atoms with van der Waals surface area (Å²) < 4.78 is 0. The molecule has 0 aromatic heterocycles. The Morgan fingerprint density at radius 3 is 2.39 bits per heavy atom. The third-order valence-corrected chi connectivity index (χ3v) is 4.37. The molecule has 1 fully saturated rings. The van der Waals surface area contributed by atoms with Crippen LogP contribution in [0.5, 0.6) is 0 Å². The summed E-state index contributed by atoms with van der Waals surface area (Å²) in [5.41, 5.74) is -0.0635. The van der Waals surface area contributed by atoms with Crippen molar-refractivity contribution >= 4 is 40.5 Å². The Hall–Kier alpha value is -1.95. The summed E-state index contributed by atoms with van der Waals surface area (Å²) in [4.78, 5) is 15.6. The Labute approximate surface area is 144 Å². The number of β-amino-alcohol motifs (C(OH)–C–C–N with tert-alkyl or cyclic N) is 1. The van der Waals surface area contributed by atoms with Crippen molar-refractivity contribution in [2.45, 2.75) is 12.6 Å². The van der Waals surface area contributed by atoms with Crippen LogP contribution in [-0.4, -0.2) is 33.3 Å². The molecule has 1 aliphatic rings. The Morgan fingerprint density at radius 2 is 1.78 bits per heavy atom. The molecule has 1 N–H and O–H groups in total. The van der Waals surface area contributed by atoms with Gasteiger partial charge in [0.2, 0.25) is 0 Å². The van der Waals surface area contributed by atoms with Gasteiger partial charge in [-0.25, -0.2) is 0 Å². The number of anilines is 1. The molecule has 0 bridgehead atoms. The molecule has 1 heterocycles. The highest BCUT2D eigenvalue weighted by Gasteiger charge is 2.46. The van der Waals surface area contributed by atoms with Crippen LogP contribution in [0.25, 0.3) is 0 Å². The topological polar surface area (TPSA) is 43.8 Å². The van der Waals surface area contributed by atoms with Gasteiger partial charge in [0, 0.05) is 16.3 Å². The van der Waals surface area contributed by atoms with Gasteiger partial charge in [0.15, 0.2) is 10.8 Å². The first kappa shape index (κ1) is 15.9. The molecule has 23 heavy (non-hydrogen) atoms. The Balaban J connectivity index is 1.93. The van der Waals surface area contributed by atoms with E-state index in [2.05, 4.69) is 0 Å². The Kier molecular flexibility index (Phi) is 4.10. The van der Waals surface area contributed by atoms with Gasteiger partial charge in [-0.05, 0) is 55.5 Å². The van der Waals surface area contributed by atoms with Crippen LogP contribution in [0.15, 0.2) is 54.6 Å². The summed E-state index contributed by atoms with van der Waals surface area (Å²) >= 11 is 11.3. The molecule has 0 aliphatic carbocycles. The van der Waals surface area contributed by atoms with Gasteiger partial charge in [0.1, 0.15) is 0 Å². The molecule has 3 rings (SSSR count). The average molecular weight is 347 g/mol. The second kappa shape index (κ2) is 5.92. The first-order valence-electron chi connectivity index (χ1n) is 7.09. The van der Waals surface area contributed by atoms with Crippen molar-refractivity contribution in [3.63, 3.8) is 0 Å². The van der Waals surface area contributed by atoms with Crippen LogP contribution < -0.4 is 4.90 Å². The fourth-order valence-corrected chi connectivity index (χ4v) is 3.21. The van der Waals surface area contributed by atoms with E-state index in [9.17, 15) is 9.90 Å². The predicted molar refractivity (Wildman–Crippen MR) is 94.6 cm³/mol. The highest BCUT2D eigenvalue weighted by Crippen LogP contribution is 2.32. The zero-order chi connectivity index (χ0) is 16.6. The minimum atomic E-state index is -1.28. The first-order chi connectivity index (χ1) is 10.9. The molecule has 6 heteroatoms. The second-order valence-corrected chi connectivity index (χ2v) is 6.37. The number of benzene rings is 2. The fourth-order valence-electron chi connectivity index (χ4n) is 2.64. The lowest BCUT2D eigenvalue weighted by Gasteiger charge is -2.29. The third-order valence-electron chi connectivity index (χ3n) is 3.71. The van der Waals surface area contributed by atoms with E-state index in [1.165, 1.54) is 4.90 Å². The first-order valence-corrected chi connectivity index (χ1v) is 7.88. The molecule has 2 aromatic carbocycles. The number of rotatable bonds is 2. The maximum absolute atomic E-state index is 12.7. The molecular formula is C17H15ClN2O2S. The molecule has 4 nitrogen and oxygen atoms in total. The maximum atomic E-state index is 12.7. The predicted octanol–water partition coefficient (Wildman–Crippen LogP) is 3.30. The van der Waals surface area contributed by atoms with Gasteiger partial charge in [-0.15, -0.1) is 0 Å². The summed E-state index contributed by atoms with van der Waals surface area (Å²) in [5.74, 6) is -0.229. The molecule has 0 unspecified atom stereocenters. The van der Waals surface area contributed by atoms with Crippen LogP contribution in [-0.2, 0) is 0 Å². The number of nitrogens with zero attached hydrogens (tertiary/aromatic N) is 2.